The first-order valence-corrected chi connectivity index (χ1v) is 5.65. The first-order valence-electron chi connectivity index (χ1n) is 5.65. The third kappa shape index (κ3) is 3.93. The number of H-pyrrole nitrogens is 1. The zero-order chi connectivity index (χ0) is 13.5. The van der Waals surface area contributed by atoms with Crippen LogP contribution in [0, 0.1) is 0 Å². The van der Waals surface area contributed by atoms with Crippen LogP contribution >= 0.6 is 0 Å². The second-order valence-electron chi connectivity index (χ2n) is 3.74. The molecular formula is C11H17N5O2. The Morgan fingerprint density at radius 3 is 2.61 bits per heavy atom. The molecule has 2 amide bonds. The number of aromatic nitrogens is 1. The van der Waals surface area contributed by atoms with E-state index in [1.165, 1.54) is 12.1 Å². The topological polar surface area (TPSA) is 126 Å². The van der Waals surface area contributed by atoms with Crippen molar-refractivity contribution < 1.29 is 9.59 Å². The van der Waals surface area contributed by atoms with Crippen LogP contribution in [0.1, 0.15) is 40.7 Å². The van der Waals surface area contributed by atoms with Crippen LogP contribution in [0.5, 0.6) is 0 Å². The van der Waals surface area contributed by atoms with Gasteiger partial charge in [-0.25, -0.2) is 0 Å². The summed E-state index contributed by atoms with van der Waals surface area (Å²) in [5.41, 5.74) is 10.7. The number of aromatic amines is 1. The molecule has 7 nitrogen and oxygen atoms in total. The Morgan fingerprint density at radius 2 is 2.00 bits per heavy atom. The second-order valence-corrected chi connectivity index (χ2v) is 3.74. The van der Waals surface area contributed by atoms with Crippen molar-refractivity contribution >= 4 is 17.8 Å². The van der Waals surface area contributed by atoms with E-state index in [1.807, 2.05) is 6.92 Å². The Bertz CT molecular complexity index is 460. The normalized spacial score (nSPS) is 9.83. The summed E-state index contributed by atoms with van der Waals surface area (Å²) in [5, 5.41) is 2.73. The minimum absolute atomic E-state index is 0.170. The van der Waals surface area contributed by atoms with Gasteiger partial charge in [0.15, 0.2) is 5.96 Å². The summed E-state index contributed by atoms with van der Waals surface area (Å²) in [6.07, 6.45) is 1.91. The van der Waals surface area contributed by atoms with Crippen LogP contribution in [0.3, 0.4) is 0 Å². The number of carbonyl (C=O) groups excluding carboxylic acids is 2. The minimum atomic E-state index is -0.609. The predicted molar refractivity (Wildman–Crippen MR) is 68.2 cm³/mol. The number of unbranched alkanes of at least 4 members (excludes halogenated alkanes) is 1. The molecule has 1 heterocycles. The molecule has 0 spiro atoms. The van der Waals surface area contributed by atoms with E-state index in [-0.39, 0.29) is 17.6 Å². The summed E-state index contributed by atoms with van der Waals surface area (Å²) >= 11 is 0. The molecule has 1 aromatic rings. The van der Waals surface area contributed by atoms with Crippen LogP contribution in [-0.4, -0.2) is 29.3 Å². The molecule has 0 radical (unpaired) electrons. The van der Waals surface area contributed by atoms with Gasteiger partial charge in [0.1, 0.15) is 11.4 Å². The maximum Gasteiger partial charge on any atom is 0.296 e. The highest BCUT2D eigenvalue weighted by Crippen LogP contribution is 2.03. The van der Waals surface area contributed by atoms with Gasteiger partial charge < -0.3 is 21.8 Å². The van der Waals surface area contributed by atoms with E-state index in [0.717, 1.165) is 12.8 Å². The third-order valence-corrected chi connectivity index (χ3v) is 2.21. The fourth-order valence-electron chi connectivity index (χ4n) is 1.30. The van der Waals surface area contributed by atoms with Crippen molar-refractivity contribution in [3.05, 3.63) is 23.5 Å². The summed E-state index contributed by atoms with van der Waals surface area (Å²) in [5.74, 6) is -1.18. The van der Waals surface area contributed by atoms with Crippen molar-refractivity contribution in [2.45, 2.75) is 19.8 Å². The van der Waals surface area contributed by atoms with Crippen LogP contribution in [0.4, 0.5) is 0 Å². The third-order valence-electron chi connectivity index (χ3n) is 2.21. The van der Waals surface area contributed by atoms with Crippen molar-refractivity contribution in [1.82, 2.24) is 10.3 Å². The number of nitrogens with zero attached hydrogens (tertiary/aromatic N) is 1. The van der Waals surface area contributed by atoms with Gasteiger partial charge in [0.25, 0.3) is 11.8 Å². The molecule has 0 atom stereocenters. The standard InChI is InChI=1S/C11H17N5O2/c1-2-3-6-14-9(17)7-4-5-8(15-7)10(18)16-11(12)13/h4-5,15H,2-3,6H2,1H3,(H,14,17)(H4,12,13,16,18). The van der Waals surface area contributed by atoms with E-state index in [4.69, 9.17) is 11.5 Å². The van der Waals surface area contributed by atoms with E-state index in [2.05, 4.69) is 15.3 Å². The highest BCUT2D eigenvalue weighted by molar-refractivity contribution is 6.02. The number of nitrogens with two attached hydrogens (primary N) is 2. The molecule has 0 aliphatic carbocycles. The van der Waals surface area contributed by atoms with Crippen molar-refractivity contribution in [2.75, 3.05) is 6.54 Å². The average Bonchev–Trinajstić information content (AvgIpc) is 2.77. The smallest absolute Gasteiger partial charge is 0.296 e. The molecule has 18 heavy (non-hydrogen) atoms. The molecule has 0 aliphatic heterocycles. The first-order chi connectivity index (χ1) is 8.54. The number of aliphatic imine (C=N–C) groups is 1. The number of carbonyl (C=O) groups is 2. The van der Waals surface area contributed by atoms with Gasteiger partial charge in [-0.3, -0.25) is 9.59 Å². The van der Waals surface area contributed by atoms with Crippen LogP contribution in [0.25, 0.3) is 0 Å². The number of nitrogens with one attached hydrogen (secondary N) is 2. The molecular weight excluding hydrogens is 234 g/mol. The van der Waals surface area contributed by atoms with Gasteiger partial charge in [0.05, 0.1) is 0 Å². The Morgan fingerprint density at radius 1 is 1.33 bits per heavy atom. The summed E-state index contributed by atoms with van der Waals surface area (Å²) in [4.78, 5) is 29.1. The lowest BCUT2D eigenvalue weighted by atomic mass is 10.3. The molecule has 6 N–H and O–H groups in total. The minimum Gasteiger partial charge on any atom is -0.370 e. The largest absolute Gasteiger partial charge is 0.370 e. The summed E-state index contributed by atoms with van der Waals surface area (Å²) in [7, 11) is 0. The second kappa shape index (κ2) is 6.43. The number of hydrogen-bond donors (Lipinski definition) is 4. The molecule has 0 unspecified atom stereocenters. The molecule has 7 heteroatoms. The molecule has 0 bridgehead atoms. The van der Waals surface area contributed by atoms with Crippen LogP contribution in [-0.2, 0) is 0 Å². The molecule has 0 aromatic carbocycles. The van der Waals surface area contributed by atoms with E-state index < -0.39 is 5.91 Å². The fraction of sp³-hybridized carbons (Fsp3) is 0.364. The maximum atomic E-state index is 11.6. The Labute approximate surface area is 105 Å². The summed E-state index contributed by atoms with van der Waals surface area (Å²) in [6.45, 7) is 2.64. The van der Waals surface area contributed by atoms with E-state index in [1.54, 1.807) is 0 Å². The fourth-order valence-corrected chi connectivity index (χ4v) is 1.30. The molecule has 98 valence electrons. The molecule has 0 saturated heterocycles. The van der Waals surface area contributed by atoms with Crippen LogP contribution < -0.4 is 16.8 Å². The number of rotatable bonds is 5. The zero-order valence-electron chi connectivity index (χ0n) is 10.2. The highest BCUT2D eigenvalue weighted by atomic mass is 16.2. The number of amides is 2. The van der Waals surface area contributed by atoms with Gasteiger partial charge >= 0.3 is 0 Å². The van der Waals surface area contributed by atoms with E-state index in [0.29, 0.717) is 12.2 Å². The molecule has 0 fully saturated rings. The van der Waals surface area contributed by atoms with Crippen molar-refractivity contribution in [2.24, 2.45) is 16.5 Å². The van der Waals surface area contributed by atoms with Gasteiger partial charge in [0.2, 0.25) is 0 Å². The maximum absolute atomic E-state index is 11.6. The van der Waals surface area contributed by atoms with Gasteiger partial charge in [-0.1, -0.05) is 13.3 Å². The lowest BCUT2D eigenvalue weighted by Gasteiger charge is -2.01. The zero-order valence-corrected chi connectivity index (χ0v) is 10.2. The predicted octanol–water partition coefficient (Wildman–Crippen LogP) is -0.0418. The Balaban J connectivity index is 2.65. The van der Waals surface area contributed by atoms with Crippen molar-refractivity contribution in [1.29, 1.82) is 0 Å². The van der Waals surface area contributed by atoms with E-state index >= 15 is 0 Å². The molecule has 1 aromatic heterocycles. The lowest BCUT2D eigenvalue weighted by molar-refractivity contribution is 0.0949. The average molecular weight is 251 g/mol. The van der Waals surface area contributed by atoms with Gasteiger partial charge in [0, 0.05) is 6.54 Å². The van der Waals surface area contributed by atoms with Crippen LogP contribution in [0.15, 0.2) is 17.1 Å². The molecule has 1 rings (SSSR count). The summed E-state index contributed by atoms with van der Waals surface area (Å²) < 4.78 is 0. The quantitative estimate of drug-likeness (QED) is 0.332. The summed E-state index contributed by atoms with van der Waals surface area (Å²) in [6, 6.07) is 2.97. The van der Waals surface area contributed by atoms with Gasteiger partial charge in [-0.05, 0) is 18.6 Å². The Hall–Kier alpha value is -2.31. The van der Waals surface area contributed by atoms with Crippen molar-refractivity contribution in [3.63, 3.8) is 0 Å². The molecule has 0 aliphatic rings. The monoisotopic (exact) mass is 251 g/mol. The Kier molecular flexibility index (Phi) is 4.91. The number of guanidine groups is 1. The number of hydrogen-bond acceptors (Lipinski definition) is 2. The lowest BCUT2D eigenvalue weighted by Crippen LogP contribution is -2.25. The highest BCUT2D eigenvalue weighted by Gasteiger charge is 2.11. The molecule has 0 saturated carbocycles. The van der Waals surface area contributed by atoms with Crippen LogP contribution in [0.2, 0.25) is 0 Å². The van der Waals surface area contributed by atoms with E-state index in [9.17, 15) is 9.59 Å². The van der Waals surface area contributed by atoms with Gasteiger partial charge in [-0.2, -0.15) is 4.99 Å². The van der Waals surface area contributed by atoms with Gasteiger partial charge in [-0.15, -0.1) is 0 Å². The van der Waals surface area contributed by atoms with Crippen molar-refractivity contribution in [3.8, 4) is 0 Å². The SMILES string of the molecule is CCCCNC(=O)c1ccc(C(=O)N=C(N)N)[nH]1. The first kappa shape index (κ1) is 13.8.